The number of hydrogen-bond acceptors (Lipinski definition) is 14. The Labute approximate surface area is 391 Å². The Bertz CT molecular complexity index is 2360. The number of carbonyl (C=O) groups excluding carboxylic acids is 5. The molecule has 0 aromatic carbocycles. The molecule has 0 unspecified atom stereocenters. The van der Waals surface area contributed by atoms with Crippen molar-refractivity contribution in [3.63, 3.8) is 0 Å². The summed E-state index contributed by atoms with van der Waals surface area (Å²) in [5, 5.41) is 24.9. The average Bonchev–Trinajstić information content (AvgIpc) is 3.91. The van der Waals surface area contributed by atoms with E-state index in [-0.39, 0.29) is 68.5 Å². The van der Waals surface area contributed by atoms with Crippen LogP contribution in [0.5, 0.6) is 0 Å². The number of amides is 4. The van der Waals surface area contributed by atoms with Gasteiger partial charge in [-0.2, -0.15) is 5.26 Å². The highest BCUT2D eigenvalue weighted by Gasteiger charge is 2.32. The van der Waals surface area contributed by atoms with Crippen LogP contribution >= 0.6 is 0 Å². The van der Waals surface area contributed by atoms with Crippen molar-refractivity contribution >= 4 is 52.5 Å². The molecule has 0 radical (unpaired) electrons. The van der Waals surface area contributed by atoms with E-state index in [1.165, 1.54) is 6.20 Å². The molecule has 0 aliphatic heterocycles. The van der Waals surface area contributed by atoms with Crippen molar-refractivity contribution in [2.24, 2.45) is 11.8 Å². The number of anilines is 2. The van der Waals surface area contributed by atoms with E-state index in [1.807, 2.05) is 50.6 Å². The first kappa shape index (κ1) is 51.2. The van der Waals surface area contributed by atoms with Gasteiger partial charge in [0.2, 0.25) is 11.8 Å². The SMILES string of the molecule is CC[C@H](C)[C@H](NC(=O)[C@H](CCCn1ccnc1N)NC(=O)OC(C)(C)C)C(=O)OCCOCCNC(=O)C1CCC(NC(=O)c2cnc(-n3ccc4cc(C#N)cnc43)cc2NC(C)C)CC1. The molecule has 0 saturated heterocycles. The number of nitrogen functional groups attached to an aromatic ring is 1. The molecule has 0 spiro atoms. The molecule has 1 aliphatic carbocycles. The van der Waals surface area contributed by atoms with Crippen LogP contribution in [0.3, 0.4) is 0 Å². The monoisotopic (exact) mass is 927 g/mol. The fourth-order valence-corrected chi connectivity index (χ4v) is 7.64. The molecule has 1 aliphatic rings. The fraction of sp³-hybridized carbons (Fsp3) is 0.553. The number of nitrogens with zero attached hydrogens (tertiary/aromatic N) is 6. The maximum Gasteiger partial charge on any atom is 0.408 e. The van der Waals surface area contributed by atoms with Crippen LogP contribution in [0.25, 0.3) is 16.9 Å². The van der Waals surface area contributed by atoms with Gasteiger partial charge in [0, 0.05) is 73.5 Å². The molecule has 0 bridgehead atoms. The Kier molecular flexibility index (Phi) is 18.5. The molecular formula is C47H66N12O8. The van der Waals surface area contributed by atoms with Crippen LogP contribution in [0.1, 0.15) is 109 Å². The number of hydrogen-bond donors (Lipinski definition) is 6. The first-order valence-corrected chi connectivity index (χ1v) is 23.0. The van der Waals surface area contributed by atoms with Gasteiger partial charge < -0.3 is 51.1 Å². The number of nitriles is 1. The van der Waals surface area contributed by atoms with Crippen LogP contribution in [0.4, 0.5) is 16.4 Å². The Morgan fingerprint density at radius 2 is 1.73 bits per heavy atom. The number of esters is 1. The lowest BCUT2D eigenvalue weighted by atomic mass is 9.85. The zero-order valence-electron chi connectivity index (χ0n) is 39.6. The predicted molar refractivity (Wildman–Crippen MR) is 251 cm³/mol. The molecule has 4 heterocycles. The number of alkyl carbamates (subject to hydrolysis) is 1. The van der Waals surface area contributed by atoms with Crippen LogP contribution in [-0.2, 0) is 35.1 Å². The summed E-state index contributed by atoms with van der Waals surface area (Å²) in [7, 11) is 0. The van der Waals surface area contributed by atoms with Crippen molar-refractivity contribution in [2.45, 2.75) is 130 Å². The fourth-order valence-electron chi connectivity index (χ4n) is 7.64. The highest BCUT2D eigenvalue weighted by atomic mass is 16.6. The summed E-state index contributed by atoms with van der Waals surface area (Å²) < 4.78 is 20.1. The molecule has 362 valence electrons. The van der Waals surface area contributed by atoms with Crippen LogP contribution < -0.4 is 32.3 Å². The molecule has 1 fully saturated rings. The first-order chi connectivity index (χ1) is 32.0. The molecule has 5 rings (SSSR count). The van der Waals surface area contributed by atoms with Gasteiger partial charge in [-0.1, -0.05) is 20.3 Å². The zero-order valence-corrected chi connectivity index (χ0v) is 39.6. The van der Waals surface area contributed by atoms with E-state index in [9.17, 15) is 29.2 Å². The number of aromatic nitrogens is 5. The predicted octanol–water partition coefficient (Wildman–Crippen LogP) is 4.76. The summed E-state index contributed by atoms with van der Waals surface area (Å²) >= 11 is 0. The largest absolute Gasteiger partial charge is 0.462 e. The summed E-state index contributed by atoms with van der Waals surface area (Å²) in [6.07, 6.45) is 11.2. The first-order valence-electron chi connectivity index (χ1n) is 23.0. The lowest BCUT2D eigenvalue weighted by molar-refractivity contribution is -0.151. The molecule has 20 nitrogen and oxygen atoms in total. The topological polar surface area (TPSA) is 272 Å². The van der Waals surface area contributed by atoms with Gasteiger partial charge in [0.15, 0.2) is 5.95 Å². The highest BCUT2D eigenvalue weighted by Crippen LogP contribution is 2.27. The number of fused-ring (bicyclic) bond motifs is 1. The van der Waals surface area contributed by atoms with E-state index in [4.69, 9.17) is 19.9 Å². The Morgan fingerprint density at radius 1 is 0.970 bits per heavy atom. The number of carbonyl (C=O) groups is 5. The highest BCUT2D eigenvalue weighted by molar-refractivity contribution is 6.00. The third kappa shape index (κ3) is 15.1. The van der Waals surface area contributed by atoms with E-state index in [1.54, 1.807) is 50.0 Å². The van der Waals surface area contributed by atoms with Crippen molar-refractivity contribution in [3.05, 3.63) is 60.3 Å². The van der Waals surface area contributed by atoms with Crippen molar-refractivity contribution in [1.82, 2.24) is 45.4 Å². The number of nitrogens with two attached hydrogens (primary N) is 1. The summed E-state index contributed by atoms with van der Waals surface area (Å²) in [6, 6.07) is 5.50. The van der Waals surface area contributed by atoms with E-state index in [0.717, 1.165) is 5.39 Å². The van der Waals surface area contributed by atoms with Crippen LogP contribution in [0, 0.1) is 23.2 Å². The minimum Gasteiger partial charge on any atom is -0.462 e. The number of ether oxygens (including phenoxy) is 3. The summed E-state index contributed by atoms with van der Waals surface area (Å²) in [6.45, 7) is 13.8. The second-order valence-corrected chi connectivity index (χ2v) is 18.1. The van der Waals surface area contributed by atoms with Gasteiger partial charge in [-0.05, 0) is 91.2 Å². The van der Waals surface area contributed by atoms with Crippen LogP contribution in [0.15, 0.2) is 49.2 Å². The molecular weight excluding hydrogens is 861 g/mol. The van der Waals surface area contributed by atoms with E-state index in [2.05, 4.69) is 47.6 Å². The third-order valence-corrected chi connectivity index (χ3v) is 11.3. The van der Waals surface area contributed by atoms with Gasteiger partial charge in [0.05, 0.1) is 30.0 Å². The lowest BCUT2D eigenvalue weighted by Gasteiger charge is -2.28. The van der Waals surface area contributed by atoms with E-state index < -0.39 is 35.7 Å². The minimum atomic E-state index is -1.000. The second kappa shape index (κ2) is 24.1. The van der Waals surface area contributed by atoms with E-state index >= 15 is 0 Å². The lowest BCUT2D eigenvalue weighted by Crippen LogP contribution is -2.54. The average molecular weight is 927 g/mol. The number of nitrogens with one attached hydrogen (secondary N) is 5. The van der Waals surface area contributed by atoms with Gasteiger partial charge in [0.25, 0.3) is 5.91 Å². The minimum absolute atomic E-state index is 0.0404. The maximum absolute atomic E-state index is 13.6. The summed E-state index contributed by atoms with van der Waals surface area (Å²) in [5.41, 5.74) is 7.24. The van der Waals surface area contributed by atoms with Gasteiger partial charge in [-0.25, -0.2) is 24.5 Å². The van der Waals surface area contributed by atoms with Crippen molar-refractivity contribution in [3.8, 4) is 11.9 Å². The Balaban J connectivity index is 1.02. The number of rotatable bonds is 22. The van der Waals surface area contributed by atoms with Crippen LogP contribution in [0.2, 0.25) is 0 Å². The summed E-state index contributed by atoms with van der Waals surface area (Å²) in [4.78, 5) is 79.2. The van der Waals surface area contributed by atoms with Gasteiger partial charge >= 0.3 is 12.1 Å². The standard InChI is InChI=1S/C47H66N12O8/c1-8-30(4)39(57-43(62)36(56-46(64)67-47(5,6)7)10-9-18-58-20-16-51-45(58)49)44(63)66-23-22-65-21-17-50-41(60)32-11-13-34(14-12-32)55-42(61)35-28-52-38(25-37(35)54-29(2)3)59-19-15-33-24-31(26-48)27-53-40(33)59/h15-16,19-20,24-25,27-30,32,34,36,39H,8-14,17-18,21-23H2,1-7H3,(H2,49,51)(H,50,60)(H,52,54)(H,55,61)(H,56,64)(H,57,62)/t30-,32?,34?,36-,39-/m0/s1. The van der Waals surface area contributed by atoms with Crippen molar-refractivity contribution in [2.75, 3.05) is 37.4 Å². The normalized spacial score (nSPS) is 16.3. The third-order valence-electron chi connectivity index (χ3n) is 11.3. The molecule has 3 atom stereocenters. The Hall–Kier alpha value is -6.75. The number of imidazole rings is 1. The second-order valence-electron chi connectivity index (χ2n) is 18.1. The van der Waals surface area contributed by atoms with Crippen molar-refractivity contribution in [1.29, 1.82) is 5.26 Å². The van der Waals surface area contributed by atoms with Gasteiger partial charge in [-0.15, -0.1) is 0 Å². The maximum atomic E-state index is 13.6. The molecule has 1 saturated carbocycles. The van der Waals surface area contributed by atoms with Crippen molar-refractivity contribution < 1.29 is 38.2 Å². The molecule has 67 heavy (non-hydrogen) atoms. The summed E-state index contributed by atoms with van der Waals surface area (Å²) in [5.74, 6) is -1.10. The Morgan fingerprint density at radius 3 is 2.40 bits per heavy atom. The van der Waals surface area contributed by atoms with Gasteiger partial charge in [0.1, 0.15) is 41.8 Å². The van der Waals surface area contributed by atoms with Crippen LogP contribution in [-0.4, -0.2) is 110 Å². The zero-order chi connectivity index (χ0) is 48.7. The molecule has 4 amide bonds. The quantitative estimate of drug-likeness (QED) is 0.0458. The van der Waals surface area contributed by atoms with E-state index in [0.29, 0.717) is 79.3 Å². The molecule has 4 aromatic rings. The number of pyridine rings is 2. The van der Waals surface area contributed by atoms with Gasteiger partial charge in [-0.3, -0.25) is 19.0 Å². The number of aryl methyl sites for hydroxylation is 1. The molecule has 20 heteroatoms. The molecule has 7 N–H and O–H groups in total. The smallest absolute Gasteiger partial charge is 0.408 e. The molecule has 4 aromatic heterocycles.